The van der Waals surface area contributed by atoms with Crippen LogP contribution in [0.5, 0.6) is 0 Å². The highest BCUT2D eigenvalue weighted by Gasteiger charge is 2.11. The van der Waals surface area contributed by atoms with Crippen molar-refractivity contribution in [3.63, 3.8) is 0 Å². The molecule has 2 amide bonds. The van der Waals surface area contributed by atoms with Gasteiger partial charge in [-0.25, -0.2) is 4.39 Å². The molecule has 0 saturated carbocycles. The third kappa shape index (κ3) is 4.39. The first kappa shape index (κ1) is 16.2. The summed E-state index contributed by atoms with van der Waals surface area (Å²) in [6.45, 7) is 1.66. The SMILES string of the molecule is CC(=O)Nc1cccc(CNC(=O)c2ccc(Br)cc2F)c1. The minimum Gasteiger partial charge on any atom is -0.348 e. The van der Waals surface area contributed by atoms with Crippen LogP contribution in [0.1, 0.15) is 22.8 Å². The van der Waals surface area contributed by atoms with Gasteiger partial charge in [0, 0.05) is 23.6 Å². The summed E-state index contributed by atoms with van der Waals surface area (Å²) in [5.74, 6) is -1.24. The molecule has 2 N–H and O–H groups in total. The Balaban J connectivity index is 2.03. The van der Waals surface area contributed by atoms with Gasteiger partial charge >= 0.3 is 0 Å². The van der Waals surface area contributed by atoms with E-state index in [2.05, 4.69) is 26.6 Å². The van der Waals surface area contributed by atoms with E-state index in [9.17, 15) is 14.0 Å². The molecule has 0 fully saturated rings. The van der Waals surface area contributed by atoms with Gasteiger partial charge < -0.3 is 10.6 Å². The van der Waals surface area contributed by atoms with Crippen LogP contribution in [0.4, 0.5) is 10.1 Å². The van der Waals surface area contributed by atoms with Crippen molar-refractivity contribution >= 4 is 33.4 Å². The molecule has 0 aromatic heterocycles. The maximum absolute atomic E-state index is 13.7. The summed E-state index contributed by atoms with van der Waals surface area (Å²) >= 11 is 3.14. The Labute approximate surface area is 135 Å². The summed E-state index contributed by atoms with van der Waals surface area (Å²) in [6.07, 6.45) is 0. The van der Waals surface area contributed by atoms with Crippen molar-refractivity contribution in [2.45, 2.75) is 13.5 Å². The minimum absolute atomic E-state index is 0.0128. The van der Waals surface area contributed by atoms with Gasteiger partial charge in [-0.2, -0.15) is 0 Å². The third-order valence-corrected chi connectivity index (χ3v) is 3.37. The molecular weight excluding hydrogens is 351 g/mol. The lowest BCUT2D eigenvalue weighted by Gasteiger charge is -2.08. The second-order valence-electron chi connectivity index (χ2n) is 4.69. The van der Waals surface area contributed by atoms with Gasteiger partial charge in [-0.3, -0.25) is 9.59 Å². The number of rotatable bonds is 4. The van der Waals surface area contributed by atoms with Crippen LogP contribution in [0.25, 0.3) is 0 Å². The van der Waals surface area contributed by atoms with E-state index in [0.717, 1.165) is 5.56 Å². The fraction of sp³-hybridized carbons (Fsp3) is 0.125. The Morgan fingerprint density at radius 3 is 2.64 bits per heavy atom. The van der Waals surface area contributed by atoms with Crippen LogP contribution in [0, 0.1) is 5.82 Å². The Bertz CT molecular complexity index is 719. The summed E-state index contributed by atoms with van der Waals surface area (Å²) in [6, 6.07) is 11.3. The fourth-order valence-electron chi connectivity index (χ4n) is 1.91. The van der Waals surface area contributed by atoms with E-state index in [0.29, 0.717) is 10.2 Å². The molecule has 6 heteroatoms. The molecule has 0 heterocycles. The molecule has 0 bridgehead atoms. The highest BCUT2D eigenvalue weighted by molar-refractivity contribution is 9.10. The molecule has 22 heavy (non-hydrogen) atoms. The summed E-state index contributed by atoms with van der Waals surface area (Å²) in [7, 11) is 0. The van der Waals surface area contributed by atoms with Crippen molar-refractivity contribution in [3.8, 4) is 0 Å². The quantitative estimate of drug-likeness (QED) is 0.872. The summed E-state index contributed by atoms with van der Waals surface area (Å²) in [5, 5.41) is 5.31. The molecule has 4 nitrogen and oxygen atoms in total. The van der Waals surface area contributed by atoms with Gasteiger partial charge in [-0.1, -0.05) is 28.1 Å². The lowest BCUT2D eigenvalue weighted by Crippen LogP contribution is -2.23. The first-order chi connectivity index (χ1) is 10.5. The minimum atomic E-state index is -0.584. The smallest absolute Gasteiger partial charge is 0.254 e. The standard InChI is InChI=1S/C16H14BrFN2O2/c1-10(21)20-13-4-2-3-11(7-13)9-19-16(22)14-6-5-12(17)8-15(14)18/h2-8H,9H2,1H3,(H,19,22)(H,20,21). The molecule has 0 spiro atoms. The molecule has 0 aliphatic rings. The lowest BCUT2D eigenvalue weighted by atomic mass is 10.1. The average molecular weight is 365 g/mol. The maximum Gasteiger partial charge on any atom is 0.254 e. The molecule has 0 atom stereocenters. The van der Waals surface area contributed by atoms with Crippen molar-refractivity contribution in [1.29, 1.82) is 0 Å². The zero-order valence-electron chi connectivity index (χ0n) is 11.8. The Hall–Kier alpha value is -2.21. The first-order valence-corrected chi connectivity index (χ1v) is 7.35. The Morgan fingerprint density at radius 2 is 1.95 bits per heavy atom. The van der Waals surface area contributed by atoms with E-state index in [1.165, 1.54) is 19.1 Å². The van der Waals surface area contributed by atoms with Crippen molar-refractivity contribution < 1.29 is 14.0 Å². The predicted octanol–water partition coefficient (Wildman–Crippen LogP) is 3.48. The van der Waals surface area contributed by atoms with Gasteiger partial charge in [0.05, 0.1) is 5.56 Å². The van der Waals surface area contributed by atoms with E-state index in [4.69, 9.17) is 0 Å². The number of halogens is 2. The molecule has 0 unspecified atom stereocenters. The van der Waals surface area contributed by atoms with Gasteiger partial charge in [0.25, 0.3) is 5.91 Å². The summed E-state index contributed by atoms with van der Waals surface area (Å²) in [5.41, 5.74) is 1.44. The van der Waals surface area contributed by atoms with Crippen LogP contribution < -0.4 is 10.6 Å². The van der Waals surface area contributed by atoms with Gasteiger partial charge in [0.2, 0.25) is 5.91 Å². The normalized spacial score (nSPS) is 10.1. The number of hydrogen-bond acceptors (Lipinski definition) is 2. The molecule has 2 aromatic rings. The predicted molar refractivity (Wildman–Crippen MR) is 86.0 cm³/mol. The molecule has 0 saturated heterocycles. The average Bonchev–Trinajstić information content (AvgIpc) is 2.44. The number of carbonyl (C=O) groups excluding carboxylic acids is 2. The topological polar surface area (TPSA) is 58.2 Å². The molecule has 0 aliphatic carbocycles. The van der Waals surface area contributed by atoms with Crippen molar-refractivity contribution in [2.24, 2.45) is 0 Å². The molecule has 2 aromatic carbocycles. The van der Waals surface area contributed by atoms with E-state index in [1.807, 2.05) is 6.07 Å². The zero-order chi connectivity index (χ0) is 16.1. The lowest BCUT2D eigenvalue weighted by molar-refractivity contribution is -0.114. The highest BCUT2D eigenvalue weighted by Crippen LogP contribution is 2.15. The van der Waals surface area contributed by atoms with E-state index >= 15 is 0 Å². The zero-order valence-corrected chi connectivity index (χ0v) is 13.4. The van der Waals surface area contributed by atoms with Crippen LogP contribution >= 0.6 is 15.9 Å². The van der Waals surface area contributed by atoms with E-state index in [1.54, 1.807) is 24.3 Å². The first-order valence-electron chi connectivity index (χ1n) is 6.55. The third-order valence-electron chi connectivity index (χ3n) is 2.88. The monoisotopic (exact) mass is 364 g/mol. The molecule has 2 rings (SSSR count). The Kier molecular flexibility index (Phi) is 5.27. The Morgan fingerprint density at radius 1 is 1.18 bits per heavy atom. The molecule has 114 valence electrons. The van der Waals surface area contributed by atoms with Crippen LogP contribution in [0.3, 0.4) is 0 Å². The van der Waals surface area contributed by atoms with Crippen LogP contribution in [-0.4, -0.2) is 11.8 Å². The van der Waals surface area contributed by atoms with E-state index in [-0.39, 0.29) is 18.0 Å². The second kappa shape index (κ2) is 7.17. The summed E-state index contributed by atoms with van der Waals surface area (Å²) < 4.78 is 14.3. The number of hydrogen-bond donors (Lipinski definition) is 2. The number of nitrogens with one attached hydrogen (secondary N) is 2. The van der Waals surface area contributed by atoms with Gasteiger partial charge in [-0.15, -0.1) is 0 Å². The van der Waals surface area contributed by atoms with Crippen molar-refractivity contribution in [3.05, 3.63) is 63.9 Å². The van der Waals surface area contributed by atoms with Crippen LogP contribution in [0.15, 0.2) is 46.9 Å². The van der Waals surface area contributed by atoms with Crippen molar-refractivity contribution in [2.75, 3.05) is 5.32 Å². The summed E-state index contributed by atoms with van der Waals surface area (Å²) in [4.78, 5) is 23.0. The second-order valence-corrected chi connectivity index (χ2v) is 5.60. The number of amides is 2. The van der Waals surface area contributed by atoms with Crippen LogP contribution in [0.2, 0.25) is 0 Å². The largest absolute Gasteiger partial charge is 0.348 e. The van der Waals surface area contributed by atoms with Gasteiger partial charge in [0.1, 0.15) is 5.82 Å². The van der Waals surface area contributed by atoms with E-state index < -0.39 is 11.7 Å². The number of anilines is 1. The molecule has 0 radical (unpaired) electrons. The van der Waals surface area contributed by atoms with Crippen LogP contribution in [-0.2, 0) is 11.3 Å². The number of carbonyl (C=O) groups is 2. The fourth-order valence-corrected chi connectivity index (χ4v) is 2.25. The van der Waals surface area contributed by atoms with Gasteiger partial charge in [0.15, 0.2) is 0 Å². The van der Waals surface area contributed by atoms with Gasteiger partial charge in [-0.05, 0) is 35.9 Å². The molecule has 0 aliphatic heterocycles. The highest BCUT2D eigenvalue weighted by atomic mass is 79.9. The molecular formula is C16H14BrFN2O2. The maximum atomic E-state index is 13.7. The number of benzene rings is 2. The van der Waals surface area contributed by atoms with Crippen molar-refractivity contribution in [1.82, 2.24) is 5.32 Å².